The number of ketones is 1. The van der Waals surface area contributed by atoms with E-state index in [9.17, 15) is 9.18 Å². The zero-order valence-corrected chi connectivity index (χ0v) is 15.7. The van der Waals surface area contributed by atoms with E-state index in [-0.39, 0.29) is 10.8 Å². The summed E-state index contributed by atoms with van der Waals surface area (Å²) in [7, 11) is 0. The highest BCUT2D eigenvalue weighted by molar-refractivity contribution is 6.42. The molecule has 1 unspecified atom stereocenters. The van der Waals surface area contributed by atoms with Gasteiger partial charge in [-0.15, -0.1) is 0 Å². The van der Waals surface area contributed by atoms with Crippen molar-refractivity contribution in [1.29, 1.82) is 0 Å². The lowest BCUT2D eigenvalue weighted by Crippen LogP contribution is -2.24. The number of carbonyl (C=O) groups excluding carboxylic acids is 1. The largest absolute Gasteiger partial charge is 0.299 e. The minimum absolute atomic E-state index is 0.0660. The van der Waals surface area contributed by atoms with Crippen molar-refractivity contribution in [2.24, 2.45) is 10.4 Å². The Morgan fingerprint density at radius 3 is 2.52 bits per heavy atom. The molecule has 0 radical (unpaired) electrons. The fraction of sp³-hybridized carbons (Fsp3) is 0.263. The topological polar surface area (TPSA) is 29.4 Å². The molecular weight excluding hydrogens is 384 g/mol. The normalized spacial score (nSPS) is 22.0. The maximum absolute atomic E-state index is 13.3. The lowest BCUT2D eigenvalue weighted by molar-refractivity contribution is -0.124. The summed E-state index contributed by atoms with van der Waals surface area (Å²) in [6.07, 6.45) is 1.33. The summed E-state index contributed by atoms with van der Waals surface area (Å²) in [6.45, 7) is 1.91. The Balaban J connectivity index is 1.81. The van der Waals surface area contributed by atoms with E-state index < -0.39 is 11.2 Å². The van der Waals surface area contributed by atoms with Crippen LogP contribution in [0.15, 0.2) is 41.4 Å². The van der Waals surface area contributed by atoms with Crippen LogP contribution in [-0.4, -0.2) is 11.5 Å². The van der Waals surface area contributed by atoms with Crippen LogP contribution < -0.4 is 0 Å². The number of carbonyl (C=O) groups is 1. The number of Topliss-reactive ketones (excluding diaryl/α,β-unsaturated/α-hetero) is 1. The van der Waals surface area contributed by atoms with Crippen LogP contribution in [0.1, 0.15) is 25.3 Å². The third-order valence-electron chi connectivity index (χ3n) is 4.40. The van der Waals surface area contributed by atoms with Gasteiger partial charge in [-0.25, -0.2) is 4.39 Å². The van der Waals surface area contributed by atoms with Gasteiger partial charge in [-0.2, -0.15) is 0 Å². The van der Waals surface area contributed by atoms with Crippen LogP contribution in [-0.2, 0) is 11.2 Å². The minimum atomic E-state index is -0.573. The first-order valence-electron chi connectivity index (χ1n) is 7.75. The Morgan fingerprint density at radius 2 is 1.84 bits per heavy atom. The van der Waals surface area contributed by atoms with Crippen molar-refractivity contribution < 1.29 is 9.18 Å². The van der Waals surface area contributed by atoms with E-state index in [2.05, 4.69) is 4.99 Å². The fourth-order valence-corrected chi connectivity index (χ4v) is 3.58. The average Bonchev–Trinajstić information content (AvgIpc) is 2.81. The highest BCUT2D eigenvalue weighted by atomic mass is 35.5. The summed E-state index contributed by atoms with van der Waals surface area (Å²) in [5.41, 5.74) is 1.74. The highest BCUT2D eigenvalue weighted by Gasteiger charge is 2.41. The summed E-state index contributed by atoms with van der Waals surface area (Å²) < 4.78 is 13.3. The SMILES string of the molecule is CC1(Cc2ccc(F)c(Cl)c2)CC(=Nc2ccc(Cl)c(Cl)c2)CC1=O. The predicted molar refractivity (Wildman–Crippen MR) is 101 cm³/mol. The molecule has 2 nitrogen and oxygen atoms in total. The van der Waals surface area contributed by atoms with Gasteiger partial charge in [0.25, 0.3) is 0 Å². The number of rotatable bonds is 3. The van der Waals surface area contributed by atoms with Crippen LogP contribution in [0.4, 0.5) is 10.1 Å². The first-order valence-corrected chi connectivity index (χ1v) is 8.89. The molecule has 1 saturated carbocycles. The summed E-state index contributed by atoms with van der Waals surface area (Å²) in [6, 6.07) is 9.68. The molecule has 0 aliphatic heterocycles. The first kappa shape index (κ1) is 18.4. The van der Waals surface area contributed by atoms with Crippen molar-refractivity contribution in [2.45, 2.75) is 26.2 Å². The molecule has 6 heteroatoms. The molecular formula is C19H15Cl3FNO. The molecule has 2 aromatic rings. The van der Waals surface area contributed by atoms with Crippen molar-refractivity contribution in [3.63, 3.8) is 0 Å². The van der Waals surface area contributed by atoms with Gasteiger partial charge >= 0.3 is 0 Å². The van der Waals surface area contributed by atoms with Gasteiger partial charge in [0, 0.05) is 17.5 Å². The molecule has 0 heterocycles. The summed E-state index contributed by atoms with van der Waals surface area (Å²) in [5, 5.41) is 0.957. The van der Waals surface area contributed by atoms with Gasteiger partial charge in [0.05, 0.1) is 20.8 Å². The second kappa shape index (κ2) is 7.06. The Kier molecular flexibility index (Phi) is 5.19. The monoisotopic (exact) mass is 397 g/mol. The molecule has 0 amide bonds. The van der Waals surface area contributed by atoms with Gasteiger partial charge < -0.3 is 0 Å². The molecule has 0 N–H and O–H groups in total. The molecule has 0 spiro atoms. The lowest BCUT2D eigenvalue weighted by atomic mass is 9.81. The maximum atomic E-state index is 13.3. The van der Waals surface area contributed by atoms with E-state index in [0.717, 1.165) is 11.3 Å². The average molecular weight is 399 g/mol. The van der Waals surface area contributed by atoms with Gasteiger partial charge in [0.1, 0.15) is 11.6 Å². The minimum Gasteiger partial charge on any atom is -0.299 e. The van der Waals surface area contributed by atoms with Gasteiger partial charge in [-0.1, -0.05) is 47.8 Å². The predicted octanol–water partition coefficient (Wildman–Crippen LogP) is 6.47. The van der Waals surface area contributed by atoms with Crippen molar-refractivity contribution in [2.75, 3.05) is 0 Å². The number of hydrogen-bond acceptors (Lipinski definition) is 2. The summed E-state index contributed by atoms with van der Waals surface area (Å²) in [4.78, 5) is 17.1. The molecule has 3 rings (SSSR count). The molecule has 1 fully saturated rings. The van der Waals surface area contributed by atoms with Crippen LogP contribution in [0.2, 0.25) is 15.1 Å². The highest BCUT2D eigenvalue weighted by Crippen LogP contribution is 2.38. The second-order valence-electron chi connectivity index (χ2n) is 6.54. The number of aliphatic imine (C=N–C) groups is 1. The van der Waals surface area contributed by atoms with Crippen molar-refractivity contribution in [1.82, 2.24) is 0 Å². The van der Waals surface area contributed by atoms with E-state index in [4.69, 9.17) is 34.8 Å². The summed E-state index contributed by atoms with van der Waals surface area (Å²) in [5.74, 6) is -0.345. The van der Waals surface area contributed by atoms with Crippen LogP contribution in [0.3, 0.4) is 0 Å². The molecule has 0 bridgehead atoms. The molecule has 0 saturated heterocycles. The Morgan fingerprint density at radius 1 is 1.08 bits per heavy atom. The molecule has 1 atom stereocenters. The number of hydrogen-bond donors (Lipinski definition) is 0. The van der Waals surface area contributed by atoms with Gasteiger partial charge in [-0.05, 0) is 48.7 Å². The summed E-state index contributed by atoms with van der Waals surface area (Å²) >= 11 is 17.8. The van der Waals surface area contributed by atoms with Crippen LogP contribution in [0.25, 0.3) is 0 Å². The first-order chi connectivity index (χ1) is 11.8. The van der Waals surface area contributed by atoms with Crippen molar-refractivity contribution in [3.8, 4) is 0 Å². The standard InChI is InChI=1S/C19H15Cl3FNO/c1-19(9-11-2-5-17(23)16(22)6-11)10-13(8-18(19)25)24-12-3-4-14(20)15(21)7-12/h2-7H,8-10H2,1H3. The van der Waals surface area contributed by atoms with Crippen molar-refractivity contribution >= 4 is 52.0 Å². The van der Waals surface area contributed by atoms with Crippen LogP contribution in [0.5, 0.6) is 0 Å². The number of benzene rings is 2. The van der Waals surface area contributed by atoms with E-state index in [1.165, 1.54) is 6.07 Å². The second-order valence-corrected chi connectivity index (χ2v) is 7.76. The smallest absolute Gasteiger partial charge is 0.145 e. The Hall–Kier alpha value is -1.42. The van der Waals surface area contributed by atoms with Crippen molar-refractivity contribution in [3.05, 3.63) is 62.8 Å². The third-order valence-corrected chi connectivity index (χ3v) is 5.43. The number of halogens is 4. The van der Waals surface area contributed by atoms with Gasteiger partial charge in [-0.3, -0.25) is 9.79 Å². The van der Waals surface area contributed by atoms with Gasteiger partial charge in [0.2, 0.25) is 0 Å². The fourth-order valence-electron chi connectivity index (χ4n) is 3.09. The van der Waals surface area contributed by atoms with E-state index in [1.54, 1.807) is 30.3 Å². The van der Waals surface area contributed by atoms with Crippen LogP contribution >= 0.6 is 34.8 Å². The van der Waals surface area contributed by atoms with E-state index in [0.29, 0.717) is 35.0 Å². The number of nitrogens with zero attached hydrogens (tertiary/aromatic N) is 1. The molecule has 2 aromatic carbocycles. The Bertz CT molecular complexity index is 881. The molecule has 0 aromatic heterocycles. The van der Waals surface area contributed by atoms with E-state index >= 15 is 0 Å². The molecule has 25 heavy (non-hydrogen) atoms. The molecule has 1 aliphatic carbocycles. The van der Waals surface area contributed by atoms with Crippen LogP contribution in [0, 0.1) is 11.2 Å². The zero-order chi connectivity index (χ0) is 18.2. The zero-order valence-electron chi connectivity index (χ0n) is 13.5. The van der Waals surface area contributed by atoms with Gasteiger partial charge in [0.15, 0.2) is 0 Å². The quantitative estimate of drug-likeness (QED) is 0.582. The maximum Gasteiger partial charge on any atom is 0.145 e. The third kappa shape index (κ3) is 4.05. The Labute approximate surface area is 160 Å². The molecule has 130 valence electrons. The van der Waals surface area contributed by atoms with E-state index in [1.807, 2.05) is 6.92 Å². The lowest BCUT2D eigenvalue weighted by Gasteiger charge is -2.21. The molecule has 1 aliphatic rings.